The molecule has 2 heterocycles. The van der Waals surface area contributed by atoms with E-state index in [2.05, 4.69) is 6.92 Å². The lowest BCUT2D eigenvalue weighted by molar-refractivity contribution is 0.0728. The Morgan fingerprint density at radius 3 is 2.73 bits per heavy atom. The van der Waals surface area contributed by atoms with Crippen molar-refractivity contribution < 1.29 is 9.21 Å². The molecule has 2 aromatic rings. The maximum atomic E-state index is 12.4. The lowest BCUT2D eigenvalue weighted by atomic mass is 10.3. The zero-order valence-corrected chi connectivity index (χ0v) is 13.1. The SMILES string of the molecule is CCCCN(CC)C(=O)c1ccc(Cn2ccccc2=O)o1. The third-order valence-electron chi connectivity index (χ3n) is 3.55. The number of rotatable bonds is 7. The zero-order valence-electron chi connectivity index (χ0n) is 13.1. The fraction of sp³-hybridized carbons (Fsp3) is 0.412. The number of carbonyl (C=O) groups excluding carboxylic acids is 1. The Bertz CT molecular complexity index is 672. The molecule has 5 heteroatoms. The number of unbranched alkanes of at least 4 members (excludes halogenated alkanes) is 1. The van der Waals surface area contributed by atoms with E-state index in [0.717, 1.165) is 19.4 Å². The van der Waals surface area contributed by atoms with Crippen molar-refractivity contribution in [3.63, 3.8) is 0 Å². The fourth-order valence-electron chi connectivity index (χ4n) is 2.25. The lowest BCUT2D eigenvalue weighted by Gasteiger charge is -2.19. The average Bonchev–Trinajstić information content (AvgIpc) is 2.99. The zero-order chi connectivity index (χ0) is 15.9. The van der Waals surface area contributed by atoms with E-state index in [9.17, 15) is 9.59 Å². The van der Waals surface area contributed by atoms with Crippen molar-refractivity contribution in [1.82, 2.24) is 9.47 Å². The predicted octanol–water partition coefficient (Wildman–Crippen LogP) is 2.75. The molecular weight excluding hydrogens is 280 g/mol. The molecule has 0 radical (unpaired) electrons. The second-order valence-electron chi connectivity index (χ2n) is 5.17. The van der Waals surface area contributed by atoms with Crippen LogP contribution in [0.25, 0.3) is 0 Å². The van der Waals surface area contributed by atoms with Crippen molar-refractivity contribution in [3.8, 4) is 0 Å². The minimum atomic E-state index is -0.0948. The number of amides is 1. The maximum Gasteiger partial charge on any atom is 0.289 e. The summed E-state index contributed by atoms with van der Waals surface area (Å²) in [6, 6.07) is 8.42. The van der Waals surface area contributed by atoms with Crippen molar-refractivity contribution in [3.05, 3.63) is 58.4 Å². The van der Waals surface area contributed by atoms with Crippen LogP contribution in [-0.4, -0.2) is 28.5 Å². The summed E-state index contributed by atoms with van der Waals surface area (Å²) in [7, 11) is 0. The van der Waals surface area contributed by atoms with Crippen LogP contribution in [0.3, 0.4) is 0 Å². The standard InChI is InChI=1S/C17H22N2O3/c1-3-5-11-18(4-2)17(21)15-10-9-14(22-15)13-19-12-7-6-8-16(19)20/h6-10,12H,3-5,11,13H2,1-2H3. The number of carbonyl (C=O) groups is 1. The van der Waals surface area contributed by atoms with Gasteiger partial charge < -0.3 is 13.9 Å². The second kappa shape index (κ2) is 7.64. The fourth-order valence-corrected chi connectivity index (χ4v) is 2.25. The highest BCUT2D eigenvalue weighted by molar-refractivity contribution is 5.91. The van der Waals surface area contributed by atoms with Crippen LogP contribution in [-0.2, 0) is 6.54 Å². The van der Waals surface area contributed by atoms with Gasteiger partial charge in [0.1, 0.15) is 5.76 Å². The highest BCUT2D eigenvalue weighted by atomic mass is 16.4. The Labute approximate surface area is 130 Å². The third kappa shape index (κ3) is 3.87. The number of pyridine rings is 1. The van der Waals surface area contributed by atoms with Gasteiger partial charge in [-0.1, -0.05) is 19.4 Å². The maximum absolute atomic E-state index is 12.4. The van der Waals surface area contributed by atoms with E-state index in [-0.39, 0.29) is 11.5 Å². The monoisotopic (exact) mass is 302 g/mol. The molecule has 0 fully saturated rings. The molecule has 118 valence electrons. The van der Waals surface area contributed by atoms with E-state index in [1.54, 1.807) is 39.9 Å². The molecule has 2 aromatic heterocycles. The van der Waals surface area contributed by atoms with Crippen LogP contribution in [0.15, 0.2) is 45.7 Å². The summed E-state index contributed by atoms with van der Waals surface area (Å²) in [5, 5.41) is 0. The normalized spacial score (nSPS) is 10.6. The Hall–Kier alpha value is -2.30. The molecule has 0 N–H and O–H groups in total. The Kier molecular flexibility index (Phi) is 5.58. The van der Waals surface area contributed by atoms with E-state index < -0.39 is 0 Å². The van der Waals surface area contributed by atoms with Gasteiger partial charge in [0.2, 0.25) is 0 Å². The van der Waals surface area contributed by atoms with Crippen molar-refractivity contribution >= 4 is 5.91 Å². The summed E-state index contributed by atoms with van der Waals surface area (Å²) >= 11 is 0. The predicted molar refractivity (Wildman–Crippen MR) is 85.0 cm³/mol. The van der Waals surface area contributed by atoms with Crippen molar-refractivity contribution in [2.45, 2.75) is 33.2 Å². The molecule has 0 aromatic carbocycles. The molecule has 0 atom stereocenters. The molecule has 2 rings (SSSR count). The summed E-state index contributed by atoms with van der Waals surface area (Å²) in [6.45, 7) is 5.78. The van der Waals surface area contributed by atoms with Crippen LogP contribution in [0.2, 0.25) is 0 Å². The van der Waals surface area contributed by atoms with Crippen molar-refractivity contribution in [1.29, 1.82) is 0 Å². The molecule has 22 heavy (non-hydrogen) atoms. The molecule has 0 aliphatic carbocycles. The first-order chi connectivity index (χ1) is 10.7. The van der Waals surface area contributed by atoms with E-state index in [0.29, 0.717) is 24.6 Å². The first-order valence-electron chi connectivity index (χ1n) is 7.69. The molecule has 5 nitrogen and oxygen atoms in total. The van der Waals surface area contributed by atoms with Gasteiger partial charge in [0.15, 0.2) is 5.76 Å². The minimum Gasteiger partial charge on any atom is -0.454 e. The van der Waals surface area contributed by atoms with Crippen molar-refractivity contribution in [2.75, 3.05) is 13.1 Å². The first-order valence-corrected chi connectivity index (χ1v) is 7.69. The van der Waals surface area contributed by atoms with E-state index in [1.807, 2.05) is 6.92 Å². The number of hydrogen-bond donors (Lipinski definition) is 0. The summed E-state index contributed by atoms with van der Waals surface area (Å²) < 4.78 is 7.16. The summed E-state index contributed by atoms with van der Waals surface area (Å²) in [5.74, 6) is 0.836. The third-order valence-corrected chi connectivity index (χ3v) is 3.55. The van der Waals surface area contributed by atoms with Gasteiger partial charge in [-0.3, -0.25) is 9.59 Å². The van der Waals surface area contributed by atoms with Gasteiger partial charge in [0, 0.05) is 25.4 Å². The van der Waals surface area contributed by atoms with E-state index >= 15 is 0 Å². The van der Waals surface area contributed by atoms with E-state index in [1.165, 1.54) is 6.07 Å². The van der Waals surface area contributed by atoms with E-state index in [4.69, 9.17) is 4.42 Å². The number of nitrogens with zero attached hydrogens (tertiary/aromatic N) is 2. The molecule has 0 saturated heterocycles. The number of furan rings is 1. The summed E-state index contributed by atoms with van der Waals surface area (Å²) in [5.41, 5.74) is -0.0927. The van der Waals surface area contributed by atoms with Gasteiger partial charge in [-0.15, -0.1) is 0 Å². The van der Waals surface area contributed by atoms with Crippen LogP contribution in [0.4, 0.5) is 0 Å². The lowest BCUT2D eigenvalue weighted by Crippen LogP contribution is -2.31. The van der Waals surface area contributed by atoms with Gasteiger partial charge in [0.05, 0.1) is 6.54 Å². The summed E-state index contributed by atoms with van der Waals surface area (Å²) in [6.07, 6.45) is 3.72. The van der Waals surface area contributed by atoms with Gasteiger partial charge in [-0.25, -0.2) is 0 Å². The Balaban J connectivity index is 2.09. The van der Waals surface area contributed by atoms with Gasteiger partial charge in [-0.2, -0.15) is 0 Å². The summed E-state index contributed by atoms with van der Waals surface area (Å²) in [4.78, 5) is 25.8. The Morgan fingerprint density at radius 1 is 1.23 bits per heavy atom. The molecule has 0 unspecified atom stereocenters. The van der Waals surface area contributed by atoms with Gasteiger partial charge >= 0.3 is 0 Å². The minimum absolute atomic E-state index is 0.0927. The molecular formula is C17H22N2O3. The molecule has 0 aliphatic rings. The molecule has 0 saturated carbocycles. The number of aromatic nitrogens is 1. The largest absolute Gasteiger partial charge is 0.454 e. The van der Waals surface area contributed by atoms with Crippen LogP contribution in [0.1, 0.15) is 43.0 Å². The highest BCUT2D eigenvalue weighted by Gasteiger charge is 2.17. The molecule has 0 spiro atoms. The second-order valence-corrected chi connectivity index (χ2v) is 5.17. The average molecular weight is 302 g/mol. The molecule has 0 aliphatic heterocycles. The van der Waals surface area contributed by atoms with Crippen LogP contribution < -0.4 is 5.56 Å². The van der Waals surface area contributed by atoms with Crippen LogP contribution in [0.5, 0.6) is 0 Å². The molecule has 0 bridgehead atoms. The number of hydrogen-bond acceptors (Lipinski definition) is 3. The quantitative estimate of drug-likeness (QED) is 0.790. The van der Waals surface area contributed by atoms with Gasteiger partial charge in [0.25, 0.3) is 11.5 Å². The van der Waals surface area contributed by atoms with Gasteiger partial charge in [-0.05, 0) is 31.5 Å². The van der Waals surface area contributed by atoms with Crippen molar-refractivity contribution in [2.24, 2.45) is 0 Å². The topological polar surface area (TPSA) is 55.5 Å². The first kappa shape index (κ1) is 16.1. The van der Waals surface area contributed by atoms with Crippen LogP contribution >= 0.6 is 0 Å². The smallest absolute Gasteiger partial charge is 0.289 e. The highest BCUT2D eigenvalue weighted by Crippen LogP contribution is 2.12. The van der Waals surface area contributed by atoms with Crippen LogP contribution in [0, 0.1) is 0 Å². The Morgan fingerprint density at radius 2 is 2.05 bits per heavy atom. The molecule has 1 amide bonds.